The van der Waals surface area contributed by atoms with Crippen LogP contribution < -0.4 is 5.32 Å². The lowest BCUT2D eigenvalue weighted by atomic mass is 10.3. The van der Waals surface area contributed by atoms with Crippen molar-refractivity contribution in [2.75, 3.05) is 5.32 Å². The summed E-state index contributed by atoms with van der Waals surface area (Å²) < 4.78 is 27.0. The van der Waals surface area contributed by atoms with Gasteiger partial charge in [0.1, 0.15) is 11.6 Å². The van der Waals surface area contributed by atoms with Crippen molar-refractivity contribution in [3.63, 3.8) is 0 Å². The van der Waals surface area contributed by atoms with Crippen molar-refractivity contribution in [2.24, 2.45) is 0 Å². The van der Waals surface area contributed by atoms with Crippen molar-refractivity contribution in [1.29, 1.82) is 0 Å². The van der Waals surface area contributed by atoms with E-state index in [1.165, 1.54) is 29.2 Å². The lowest BCUT2D eigenvalue weighted by Crippen LogP contribution is -2.22. The van der Waals surface area contributed by atoms with Gasteiger partial charge in [0.2, 0.25) is 5.91 Å². The fraction of sp³-hybridized carbons (Fsp3) is 0.231. The molecule has 7 heteroatoms. The Morgan fingerprint density at radius 3 is 2.80 bits per heavy atom. The van der Waals surface area contributed by atoms with Crippen molar-refractivity contribution in [3.8, 4) is 0 Å². The van der Waals surface area contributed by atoms with Gasteiger partial charge in [-0.05, 0) is 26.0 Å². The number of carbonyl (C=O) groups excluding carboxylic acids is 1. The van der Waals surface area contributed by atoms with E-state index in [0.29, 0.717) is 0 Å². The van der Waals surface area contributed by atoms with Gasteiger partial charge in [0.25, 0.3) is 0 Å². The molecule has 20 heavy (non-hydrogen) atoms. The minimum absolute atomic E-state index is 0.0285. The van der Waals surface area contributed by atoms with Gasteiger partial charge in [-0.3, -0.25) is 4.79 Å². The molecule has 0 bridgehead atoms. The molecule has 0 unspecified atom stereocenters. The van der Waals surface area contributed by atoms with Crippen LogP contribution in [0.5, 0.6) is 0 Å². The Labute approximate surface area is 123 Å². The second-order valence-electron chi connectivity index (χ2n) is 4.13. The van der Waals surface area contributed by atoms with Gasteiger partial charge in [-0.25, -0.2) is 13.8 Å². The molecule has 3 nitrogen and oxygen atoms in total. The van der Waals surface area contributed by atoms with Crippen LogP contribution in [-0.4, -0.2) is 16.1 Å². The quantitative estimate of drug-likeness (QED) is 0.872. The molecule has 1 aromatic carbocycles. The van der Waals surface area contributed by atoms with Crippen LogP contribution >= 0.6 is 23.1 Å². The maximum Gasteiger partial charge on any atom is 0.237 e. The first-order valence-corrected chi connectivity index (χ1v) is 7.56. The smallest absolute Gasteiger partial charge is 0.237 e. The van der Waals surface area contributed by atoms with E-state index in [1.807, 2.05) is 12.3 Å². The van der Waals surface area contributed by atoms with Gasteiger partial charge in [-0.2, -0.15) is 0 Å². The first-order chi connectivity index (χ1) is 9.45. The molecule has 0 saturated carbocycles. The second kappa shape index (κ2) is 6.32. The molecule has 1 amide bonds. The number of aromatic nitrogens is 1. The predicted molar refractivity (Wildman–Crippen MR) is 77.2 cm³/mol. The van der Waals surface area contributed by atoms with E-state index in [9.17, 15) is 13.6 Å². The number of nitrogens with one attached hydrogen (secondary N) is 1. The third-order valence-electron chi connectivity index (χ3n) is 2.43. The molecule has 0 saturated heterocycles. The molecule has 2 aromatic rings. The summed E-state index contributed by atoms with van der Waals surface area (Å²) in [5.41, 5.74) is 0.869. The Kier molecular flexibility index (Phi) is 4.72. The van der Waals surface area contributed by atoms with Crippen molar-refractivity contribution in [2.45, 2.75) is 23.4 Å². The summed E-state index contributed by atoms with van der Waals surface area (Å²) in [6, 6.07) is 3.03. The predicted octanol–water partition coefficient (Wildman–Crippen LogP) is 3.85. The summed E-state index contributed by atoms with van der Waals surface area (Å²) in [4.78, 5) is 16.2. The lowest BCUT2D eigenvalue weighted by Gasteiger charge is -2.11. The Morgan fingerprint density at radius 2 is 2.20 bits per heavy atom. The highest BCUT2D eigenvalue weighted by Gasteiger charge is 2.17. The first-order valence-electron chi connectivity index (χ1n) is 5.80. The monoisotopic (exact) mass is 314 g/mol. The lowest BCUT2D eigenvalue weighted by molar-refractivity contribution is -0.115. The fourth-order valence-electron chi connectivity index (χ4n) is 1.42. The number of nitrogens with zero attached hydrogens (tertiary/aromatic N) is 1. The second-order valence-corrected chi connectivity index (χ2v) is 6.57. The van der Waals surface area contributed by atoms with Crippen LogP contribution in [0.15, 0.2) is 27.9 Å². The van der Waals surface area contributed by atoms with Crippen LogP contribution in [0.25, 0.3) is 0 Å². The fourth-order valence-corrected chi connectivity index (χ4v) is 3.40. The molecule has 0 radical (unpaired) electrons. The minimum Gasteiger partial charge on any atom is -0.323 e. The number of benzene rings is 1. The Balaban J connectivity index is 2.00. The van der Waals surface area contributed by atoms with Crippen molar-refractivity contribution in [3.05, 3.63) is 40.9 Å². The zero-order valence-corrected chi connectivity index (χ0v) is 12.4. The largest absolute Gasteiger partial charge is 0.323 e. The van der Waals surface area contributed by atoms with E-state index in [2.05, 4.69) is 10.3 Å². The van der Waals surface area contributed by atoms with E-state index in [4.69, 9.17) is 0 Å². The number of hydrogen-bond donors (Lipinski definition) is 1. The van der Waals surface area contributed by atoms with Crippen molar-refractivity contribution in [1.82, 2.24) is 4.98 Å². The van der Waals surface area contributed by atoms with Crippen LogP contribution in [0.4, 0.5) is 14.5 Å². The molecule has 0 fully saturated rings. The third kappa shape index (κ3) is 3.77. The molecule has 2 rings (SSSR count). The average molecular weight is 314 g/mol. The van der Waals surface area contributed by atoms with Gasteiger partial charge in [-0.1, -0.05) is 11.8 Å². The van der Waals surface area contributed by atoms with Crippen LogP contribution in [-0.2, 0) is 4.79 Å². The number of anilines is 1. The molecule has 0 aliphatic carbocycles. The van der Waals surface area contributed by atoms with Crippen LogP contribution in [0, 0.1) is 18.6 Å². The maximum absolute atomic E-state index is 13.4. The number of thiazole rings is 1. The number of thioether (sulfide) groups is 1. The van der Waals surface area contributed by atoms with E-state index in [1.54, 1.807) is 6.92 Å². The molecular weight excluding hydrogens is 302 g/mol. The SMILES string of the molecule is Cc1csc(S[C@@H](C)C(=O)Nc2ccc(F)cc2F)n1. The normalized spacial score (nSPS) is 12.2. The standard InChI is InChI=1S/C13H12F2N2OS2/c1-7-6-19-13(16-7)20-8(2)12(18)17-11-4-3-9(14)5-10(11)15/h3-6,8H,1-2H3,(H,17,18)/t8-/m0/s1. The average Bonchev–Trinajstić information content (AvgIpc) is 2.78. The number of hydrogen-bond acceptors (Lipinski definition) is 4. The van der Waals surface area contributed by atoms with Gasteiger partial charge in [0.15, 0.2) is 4.34 Å². The van der Waals surface area contributed by atoms with Gasteiger partial charge in [0, 0.05) is 17.1 Å². The Morgan fingerprint density at radius 1 is 1.45 bits per heavy atom. The molecule has 1 heterocycles. The summed E-state index contributed by atoms with van der Waals surface area (Å²) in [5, 5.41) is 3.91. The van der Waals surface area contributed by atoms with E-state index in [-0.39, 0.29) is 11.6 Å². The molecule has 0 aliphatic rings. The zero-order chi connectivity index (χ0) is 14.7. The van der Waals surface area contributed by atoms with E-state index in [0.717, 1.165) is 22.2 Å². The van der Waals surface area contributed by atoms with Crippen LogP contribution in [0.3, 0.4) is 0 Å². The molecule has 1 aromatic heterocycles. The molecule has 106 valence electrons. The number of carbonyl (C=O) groups is 1. The summed E-state index contributed by atoms with van der Waals surface area (Å²) in [6.45, 7) is 3.58. The minimum atomic E-state index is -0.791. The summed E-state index contributed by atoms with van der Waals surface area (Å²) in [6.07, 6.45) is 0. The van der Waals surface area contributed by atoms with Gasteiger partial charge < -0.3 is 5.32 Å². The molecule has 0 spiro atoms. The van der Waals surface area contributed by atoms with Crippen molar-refractivity contribution >= 4 is 34.7 Å². The van der Waals surface area contributed by atoms with Crippen molar-refractivity contribution < 1.29 is 13.6 Å². The van der Waals surface area contributed by atoms with E-state index < -0.39 is 16.9 Å². The highest BCUT2D eigenvalue weighted by atomic mass is 32.2. The topological polar surface area (TPSA) is 42.0 Å². The Hall–Kier alpha value is -1.47. The van der Waals surface area contributed by atoms with E-state index >= 15 is 0 Å². The number of amides is 1. The third-order valence-corrected chi connectivity index (χ3v) is 4.62. The number of aryl methyl sites for hydroxylation is 1. The maximum atomic E-state index is 13.4. The van der Waals surface area contributed by atoms with Gasteiger partial charge >= 0.3 is 0 Å². The summed E-state index contributed by atoms with van der Waals surface area (Å²) in [5.74, 6) is -1.82. The highest BCUT2D eigenvalue weighted by molar-refractivity contribution is 8.02. The first kappa shape index (κ1) is 14.9. The molecule has 0 aliphatic heterocycles. The summed E-state index contributed by atoms with van der Waals surface area (Å²) >= 11 is 2.75. The van der Waals surface area contributed by atoms with Crippen LogP contribution in [0.1, 0.15) is 12.6 Å². The van der Waals surface area contributed by atoms with Gasteiger partial charge in [-0.15, -0.1) is 11.3 Å². The zero-order valence-electron chi connectivity index (χ0n) is 10.8. The molecular formula is C13H12F2N2OS2. The Bertz CT molecular complexity index is 631. The summed E-state index contributed by atoms with van der Waals surface area (Å²) in [7, 11) is 0. The molecule has 1 N–H and O–H groups in total. The van der Waals surface area contributed by atoms with Crippen LogP contribution in [0.2, 0.25) is 0 Å². The molecule has 1 atom stereocenters. The van der Waals surface area contributed by atoms with Gasteiger partial charge in [0.05, 0.1) is 10.9 Å². The number of rotatable bonds is 4. The number of halogens is 2. The highest BCUT2D eigenvalue weighted by Crippen LogP contribution is 2.27.